The molecule has 31 heavy (non-hydrogen) atoms. The number of benzene rings is 3. The molecule has 0 saturated carbocycles. The van der Waals surface area contributed by atoms with Crippen molar-refractivity contribution >= 4 is 0 Å². The molecular formula is C25H26O6. The Kier molecular flexibility index (Phi) is 5.31. The Morgan fingerprint density at radius 2 is 1.48 bits per heavy atom. The first-order chi connectivity index (χ1) is 14.8. The Balaban J connectivity index is 1.93. The van der Waals surface area contributed by atoms with E-state index in [1.165, 1.54) is 14.2 Å². The number of hydrogen-bond acceptors (Lipinski definition) is 6. The van der Waals surface area contributed by atoms with Gasteiger partial charge in [-0.3, -0.25) is 0 Å². The highest BCUT2D eigenvalue weighted by molar-refractivity contribution is 5.58. The second-order valence-corrected chi connectivity index (χ2v) is 7.84. The van der Waals surface area contributed by atoms with E-state index in [-0.39, 0.29) is 29.1 Å². The largest absolute Gasteiger partial charge is 0.508 e. The first kappa shape index (κ1) is 20.7. The number of phenols is 3. The van der Waals surface area contributed by atoms with E-state index in [1.54, 1.807) is 24.3 Å². The molecule has 1 aliphatic heterocycles. The number of ether oxygens (including phenoxy) is 3. The van der Waals surface area contributed by atoms with E-state index in [0.29, 0.717) is 29.4 Å². The zero-order valence-electron chi connectivity index (χ0n) is 18.0. The summed E-state index contributed by atoms with van der Waals surface area (Å²) in [6.07, 6.45) is 0. The van der Waals surface area contributed by atoms with Crippen molar-refractivity contribution in [1.29, 1.82) is 0 Å². The van der Waals surface area contributed by atoms with Gasteiger partial charge in [-0.25, -0.2) is 0 Å². The van der Waals surface area contributed by atoms with Crippen LogP contribution in [0.25, 0.3) is 0 Å². The van der Waals surface area contributed by atoms with Gasteiger partial charge < -0.3 is 29.5 Å². The molecule has 162 valence electrons. The van der Waals surface area contributed by atoms with Gasteiger partial charge in [0.25, 0.3) is 0 Å². The summed E-state index contributed by atoms with van der Waals surface area (Å²) >= 11 is 0. The smallest absolute Gasteiger partial charge is 0.200 e. The summed E-state index contributed by atoms with van der Waals surface area (Å²) in [5.74, 6) is 1.46. The van der Waals surface area contributed by atoms with Gasteiger partial charge in [0, 0.05) is 23.0 Å². The van der Waals surface area contributed by atoms with Crippen LogP contribution in [0.5, 0.6) is 34.5 Å². The molecule has 0 spiro atoms. The Morgan fingerprint density at radius 1 is 0.839 bits per heavy atom. The minimum atomic E-state index is -0.121. The summed E-state index contributed by atoms with van der Waals surface area (Å²) in [6.45, 7) is 4.06. The van der Waals surface area contributed by atoms with Crippen LogP contribution >= 0.6 is 0 Å². The van der Waals surface area contributed by atoms with Crippen LogP contribution in [0.15, 0.2) is 42.5 Å². The molecule has 1 heterocycles. The molecule has 6 nitrogen and oxygen atoms in total. The van der Waals surface area contributed by atoms with E-state index in [9.17, 15) is 15.3 Å². The van der Waals surface area contributed by atoms with Crippen LogP contribution in [0.4, 0.5) is 0 Å². The number of fused-ring (bicyclic) bond motifs is 1. The first-order valence-corrected chi connectivity index (χ1v) is 10.0. The SMILES string of the molecule is COc1cc(C2COc3c(ccc(O)c3C)C2c2ccc(O)c(C)c2)cc(OC)c1O. The molecule has 1 aliphatic rings. The van der Waals surface area contributed by atoms with Crippen LogP contribution in [0.2, 0.25) is 0 Å². The number of aryl methyl sites for hydroxylation is 1. The molecule has 6 heteroatoms. The fourth-order valence-corrected chi connectivity index (χ4v) is 4.33. The molecule has 4 rings (SSSR count). The van der Waals surface area contributed by atoms with Gasteiger partial charge in [0.1, 0.15) is 17.2 Å². The third kappa shape index (κ3) is 3.48. The van der Waals surface area contributed by atoms with Crippen molar-refractivity contribution in [3.8, 4) is 34.5 Å². The van der Waals surface area contributed by atoms with Crippen LogP contribution in [-0.2, 0) is 0 Å². The van der Waals surface area contributed by atoms with Crippen LogP contribution in [0.3, 0.4) is 0 Å². The first-order valence-electron chi connectivity index (χ1n) is 10.0. The molecule has 2 atom stereocenters. The molecule has 0 aliphatic carbocycles. The van der Waals surface area contributed by atoms with Crippen molar-refractivity contribution < 1.29 is 29.5 Å². The Bertz CT molecular complexity index is 1110. The Labute approximate surface area is 181 Å². The monoisotopic (exact) mass is 422 g/mol. The number of rotatable bonds is 4. The maximum atomic E-state index is 10.3. The number of aromatic hydroxyl groups is 3. The summed E-state index contributed by atoms with van der Waals surface area (Å²) in [5, 5.41) is 30.6. The maximum absolute atomic E-state index is 10.3. The van der Waals surface area contributed by atoms with Gasteiger partial charge in [0.05, 0.1) is 20.8 Å². The highest BCUT2D eigenvalue weighted by atomic mass is 16.5. The van der Waals surface area contributed by atoms with Gasteiger partial charge in [0.2, 0.25) is 5.75 Å². The topological polar surface area (TPSA) is 88.4 Å². The van der Waals surface area contributed by atoms with Crippen LogP contribution in [0.1, 0.15) is 39.7 Å². The van der Waals surface area contributed by atoms with E-state index in [2.05, 4.69) is 0 Å². The zero-order chi connectivity index (χ0) is 22.3. The van der Waals surface area contributed by atoms with Gasteiger partial charge in [-0.1, -0.05) is 18.2 Å². The van der Waals surface area contributed by atoms with Crippen LogP contribution < -0.4 is 14.2 Å². The number of phenolic OH excluding ortho intramolecular Hbond substituents is 3. The highest BCUT2D eigenvalue weighted by Gasteiger charge is 2.36. The quantitative estimate of drug-likeness (QED) is 0.563. The molecule has 0 aromatic heterocycles. The van der Waals surface area contributed by atoms with Crippen LogP contribution in [0, 0.1) is 13.8 Å². The number of methoxy groups -OCH3 is 2. The second kappa shape index (κ2) is 7.95. The van der Waals surface area contributed by atoms with Crippen molar-refractivity contribution in [2.75, 3.05) is 20.8 Å². The van der Waals surface area contributed by atoms with Gasteiger partial charge >= 0.3 is 0 Å². The second-order valence-electron chi connectivity index (χ2n) is 7.84. The van der Waals surface area contributed by atoms with Gasteiger partial charge in [-0.2, -0.15) is 0 Å². The lowest BCUT2D eigenvalue weighted by Crippen LogP contribution is -2.26. The lowest BCUT2D eigenvalue weighted by molar-refractivity contribution is 0.244. The molecule has 0 amide bonds. The molecule has 3 aromatic carbocycles. The van der Waals surface area contributed by atoms with E-state index >= 15 is 0 Å². The van der Waals surface area contributed by atoms with Crippen molar-refractivity contribution in [3.05, 3.63) is 70.3 Å². The van der Waals surface area contributed by atoms with Crippen molar-refractivity contribution in [3.63, 3.8) is 0 Å². The van der Waals surface area contributed by atoms with E-state index in [4.69, 9.17) is 14.2 Å². The molecule has 3 aromatic rings. The fourth-order valence-electron chi connectivity index (χ4n) is 4.33. The van der Waals surface area contributed by atoms with Crippen molar-refractivity contribution in [2.45, 2.75) is 25.7 Å². The normalized spacial score (nSPS) is 17.5. The van der Waals surface area contributed by atoms with Crippen LogP contribution in [-0.4, -0.2) is 36.1 Å². The predicted octanol–water partition coefficient (Wildman–Crippen LogP) is 4.75. The fraction of sp³-hybridized carbons (Fsp3) is 0.280. The molecular weight excluding hydrogens is 396 g/mol. The van der Waals surface area contributed by atoms with Crippen molar-refractivity contribution in [2.24, 2.45) is 0 Å². The standard InChI is InChI=1S/C25H26O6/c1-13-9-15(5-7-19(13)26)23-17-6-8-20(27)14(2)25(17)31-12-18(23)16-10-21(29-3)24(28)22(11-16)30-4/h5-11,18,23,26-28H,12H2,1-4H3. The lowest BCUT2D eigenvalue weighted by Gasteiger charge is -2.36. The third-order valence-corrected chi connectivity index (χ3v) is 6.06. The molecule has 0 bridgehead atoms. The summed E-state index contributed by atoms with van der Waals surface area (Å²) in [4.78, 5) is 0. The van der Waals surface area contributed by atoms with Gasteiger partial charge in [-0.15, -0.1) is 0 Å². The summed E-state index contributed by atoms with van der Waals surface area (Å²) in [6, 6.07) is 12.7. The molecule has 0 saturated heterocycles. The third-order valence-electron chi connectivity index (χ3n) is 6.06. The molecule has 0 radical (unpaired) electrons. The average Bonchev–Trinajstić information content (AvgIpc) is 2.77. The minimum Gasteiger partial charge on any atom is -0.508 e. The van der Waals surface area contributed by atoms with Gasteiger partial charge in [0.15, 0.2) is 11.5 Å². The lowest BCUT2D eigenvalue weighted by atomic mass is 9.75. The predicted molar refractivity (Wildman–Crippen MR) is 117 cm³/mol. The van der Waals surface area contributed by atoms with E-state index < -0.39 is 0 Å². The number of hydrogen-bond donors (Lipinski definition) is 3. The summed E-state index contributed by atoms with van der Waals surface area (Å²) < 4.78 is 16.9. The summed E-state index contributed by atoms with van der Waals surface area (Å²) in [7, 11) is 3.00. The molecule has 0 fully saturated rings. The van der Waals surface area contributed by atoms with E-state index in [1.807, 2.05) is 32.0 Å². The maximum Gasteiger partial charge on any atom is 0.200 e. The molecule has 3 N–H and O–H groups in total. The Hall–Kier alpha value is -3.54. The summed E-state index contributed by atoms with van der Waals surface area (Å²) in [5.41, 5.74) is 4.32. The van der Waals surface area contributed by atoms with Gasteiger partial charge in [-0.05, 0) is 54.8 Å². The minimum absolute atomic E-state index is 0.0522. The Morgan fingerprint density at radius 3 is 2.10 bits per heavy atom. The zero-order valence-corrected chi connectivity index (χ0v) is 18.0. The van der Waals surface area contributed by atoms with Crippen molar-refractivity contribution in [1.82, 2.24) is 0 Å². The highest BCUT2D eigenvalue weighted by Crippen LogP contribution is 2.51. The molecule has 2 unspecified atom stereocenters. The van der Waals surface area contributed by atoms with E-state index in [0.717, 1.165) is 22.3 Å². The average molecular weight is 422 g/mol.